The summed E-state index contributed by atoms with van der Waals surface area (Å²) in [4.78, 5) is 12.0. The van der Waals surface area contributed by atoms with E-state index in [1.54, 1.807) is 22.8 Å². The van der Waals surface area contributed by atoms with Crippen LogP contribution in [0.1, 0.15) is 23.0 Å². The molecule has 1 amide bonds. The first-order valence-electron chi connectivity index (χ1n) is 6.10. The average Bonchev–Trinajstić information content (AvgIpc) is 2.70. The zero-order chi connectivity index (χ0) is 14.7. The van der Waals surface area contributed by atoms with Crippen molar-refractivity contribution in [1.29, 1.82) is 0 Å². The molecule has 106 valence electrons. The molecular formula is C14H13Cl3N2O. The van der Waals surface area contributed by atoms with Crippen LogP contribution in [0.15, 0.2) is 30.3 Å². The molecule has 1 heterocycles. The maximum atomic E-state index is 12.0. The third-order valence-corrected chi connectivity index (χ3v) is 3.86. The van der Waals surface area contributed by atoms with Crippen LogP contribution in [0.5, 0.6) is 0 Å². The van der Waals surface area contributed by atoms with Gasteiger partial charge in [-0.2, -0.15) is 0 Å². The highest BCUT2D eigenvalue weighted by Gasteiger charge is 2.17. The highest BCUT2D eigenvalue weighted by molar-refractivity contribution is 6.42. The molecule has 3 nitrogen and oxygen atoms in total. The number of amides is 1. The topological polar surface area (TPSA) is 34.0 Å². The van der Waals surface area contributed by atoms with Gasteiger partial charge in [0.15, 0.2) is 0 Å². The van der Waals surface area contributed by atoms with E-state index in [1.807, 2.05) is 19.1 Å². The Hall–Kier alpha value is -1.16. The molecule has 0 unspecified atom stereocenters. The number of aromatic nitrogens is 1. The molecule has 1 aromatic carbocycles. The largest absolute Gasteiger partial charge is 0.351 e. The summed E-state index contributed by atoms with van der Waals surface area (Å²) in [5.41, 5.74) is 1.42. The minimum absolute atomic E-state index is 0.199. The number of benzene rings is 1. The van der Waals surface area contributed by atoms with Gasteiger partial charge in [0, 0.05) is 18.1 Å². The van der Waals surface area contributed by atoms with Gasteiger partial charge >= 0.3 is 0 Å². The van der Waals surface area contributed by atoms with E-state index in [4.69, 9.17) is 34.8 Å². The van der Waals surface area contributed by atoms with Crippen molar-refractivity contribution in [3.05, 3.63) is 56.8 Å². The third kappa shape index (κ3) is 3.29. The summed E-state index contributed by atoms with van der Waals surface area (Å²) in [7, 11) is 0. The first kappa shape index (κ1) is 15.2. The van der Waals surface area contributed by atoms with Crippen molar-refractivity contribution < 1.29 is 4.79 Å². The van der Waals surface area contributed by atoms with Gasteiger partial charge in [0.1, 0.15) is 10.8 Å². The van der Waals surface area contributed by atoms with Crippen LogP contribution in [0.25, 0.3) is 0 Å². The van der Waals surface area contributed by atoms with E-state index in [0.29, 0.717) is 34.0 Å². The van der Waals surface area contributed by atoms with Crippen LogP contribution in [-0.2, 0) is 6.54 Å². The first-order chi connectivity index (χ1) is 9.52. The number of carbonyl (C=O) groups excluding carboxylic acids is 1. The number of nitrogens with one attached hydrogen (secondary N) is 1. The first-order valence-corrected chi connectivity index (χ1v) is 7.23. The van der Waals surface area contributed by atoms with Gasteiger partial charge < -0.3 is 9.88 Å². The van der Waals surface area contributed by atoms with Crippen LogP contribution in [0.3, 0.4) is 0 Å². The van der Waals surface area contributed by atoms with E-state index >= 15 is 0 Å². The Labute approximate surface area is 132 Å². The molecule has 6 heteroatoms. The Kier molecular flexibility index (Phi) is 4.97. The molecule has 20 heavy (non-hydrogen) atoms. The van der Waals surface area contributed by atoms with Gasteiger partial charge in [-0.3, -0.25) is 4.79 Å². The maximum Gasteiger partial charge on any atom is 0.268 e. The fraction of sp³-hybridized carbons (Fsp3) is 0.214. The summed E-state index contributed by atoms with van der Waals surface area (Å²) in [5.74, 6) is -0.199. The predicted molar refractivity (Wildman–Crippen MR) is 83.0 cm³/mol. The summed E-state index contributed by atoms with van der Waals surface area (Å²) in [6.07, 6.45) is 0. The van der Waals surface area contributed by atoms with Crippen LogP contribution in [0.4, 0.5) is 0 Å². The van der Waals surface area contributed by atoms with E-state index in [2.05, 4.69) is 5.32 Å². The molecule has 0 radical (unpaired) electrons. The maximum absolute atomic E-state index is 12.0. The van der Waals surface area contributed by atoms with E-state index in [9.17, 15) is 4.79 Å². The monoisotopic (exact) mass is 330 g/mol. The van der Waals surface area contributed by atoms with Gasteiger partial charge in [-0.05, 0) is 30.7 Å². The van der Waals surface area contributed by atoms with Crippen LogP contribution >= 0.6 is 34.8 Å². The summed E-state index contributed by atoms with van der Waals surface area (Å²) >= 11 is 18.0. The van der Waals surface area contributed by atoms with Crippen LogP contribution in [-0.4, -0.2) is 17.0 Å². The molecule has 0 fully saturated rings. The van der Waals surface area contributed by atoms with Crippen LogP contribution in [0.2, 0.25) is 15.2 Å². The average molecular weight is 332 g/mol. The summed E-state index contributed by atoms with van der Waals surface area (Å²) in [6.45, 7) is 2.85. The van der Waals surface area contributed by atoms with E-state index in [-0.39, 0.29) is 5.91 Å². The Morgan fingerprint density at radius 2 is 1.85 bits per heavy atom. The molecule has 1 N–H and O–H groups in total. The SMILES string of the molecule is CCNC(=O)c1cc(Cl)c(Cl)n1Cc1ccc(Cl)cc1. The lowest BCUT2D eigenvalue weighted by atomic mass is 10.2. The molecular weight excluding hydrogens is 319 g/mol. The standard InChI is InChI=1S/C14H13Cl3N2O/c1-2-18-14(20)12-7-11(16)13(17)19(12)8-9-3-5-10(15)6-4-9/h3-7H,2,8H2,1H3,(H,18,20). The van der Waals surface area contributed by atoms with Gasteiger partial charge in [0.2, 0.25) is 0 Å². The zero-order valence-electron chi connectivity index (χ0n) is 10.8. The second kappa shape index (κ2) is 6.53. The number of nitrogens with zero attached hydrogens (tertiary/aromatic N) is 1. The summed E-state index contributed by atoms with van der Waals surface area (Å²) in [5, 5.41) is 4.11. The number of hydrogen-bond donors (Lipinski definition) is 1. The van der Waals surface area contributed by atoms with Crippen molar-refractivity contribution in [3.8, 4) is 0 Å². The molecule has 0 bridgehead atoms. The van der Waals surface area contributed by atoms with Crippen LogP contribution < -0.4 is 5.32 Å². The Balaban J connectivity index is 2.34. The minimum Gasteiger partial charge on any atom is -0.351 e. The lowest BCUT2D eigenvalue weighted by Gasteiger charge is -2.10. The molecule has 2 rings (SSSR count). The van der Waals surface area contributed by atoms with Gasteiger partial charge in [-0.25, -0.2) is 0 Å². The lowest BCUT2D eigenvalue weighted by Crippen LogP contribution is -2.25. The molecule has 0 aliphatic rings. The molecule has 0 saturated carbocycles. The second-order valence-corrected chi connectivity index (χ2v) is 5.44. The van der Waals surface area contributed by atoms with Crippen molar-refractivity contribution in [1.82, 2.24) is 9.88 Å². The zero-order valence-corrected chi connectivity index (χ0v) is 13.1. The number of rotatable bonds is 4. The molecule has 0 aliphatic heterocycles. The molecule has 0 spiro atoms. The number of hydrogen-bond acceptors (Lipinski definition) is 1. The second-order valence-electron chi connectivity index (χ2n) is 4.24. The quantitative estimate of drug-likeness (QED) is 0.893. The lowest BCUT2D eigenvalue weighted by molar-refractivity contribution is 0.0947. The van der Waals surface area contributed by atoms with Crippen molar-refractivity contribution in [2.75, 3.05) is 6.54 Å². The summed E-state index contributed by atoms with van der Waals surface area (Å²) in [6, 6.07) is 8.93. The van der Waals surface area contributed by atoms with Gasteiger partial charge in [0.05, 0.1) is 5.02 Å². The van der Waals surface area contributed by atoms with Crippen molar-refractivity contribution in [3.63, 3.8) is 0 Å². The van der Waals surface area contributed by atoms with E-state index in [0.717, 1.165) is 5.56 Å². The van der Waals surface area contributed by atoms with E-state index < -0.39 is 0 Å². The fourth-order valence-electron chi connectivity index (χ4n) is 1.86. The van der Waals surface area contributed by atoms with Gasteiger partial charge in [0.25, 0.3) is 5.91 Å². The van der Waals surface area contributed by atoms with Crippen LogP contribution in [0, 0.1) is 0 Å². The molecule has 1 aromatic heterocycles. The predicted octanol–water partition coefficient (Wildman–Crippen LogP) is 4.25. The van der Waals surface area contributed by atoms with E-state index in [1.165, 1.54) is 0 Å². The Bertz CT molecular complexity index is 620. The molecule has 0 atom stereocenters. The van der Waals surface area contributed by atoms with Crippen molar-refractivity contribution in [2.45, 2.75) is 13.5 Å². The van der Waals surface area contributed by atoms with Crippen molar-refractivity contribution in [2.24, 2.45) is 0 Å². The highest BCUT2D eigenvalue weighted by atomic mass is 35.5. The summed E-state index contributed by atoms with van der Waals surface area (Å²) < 4.78 is 1.68. The number of halogens is 3. The minimum atomic E-state index is -0.199. The third-order valence-electron chi connectivity index (χ3n) is 2.81. The normalized spacial score (nSPS) is 10.6. The Morgan fingerprint density at radius 1 is 1.20 bits per heavy atom. The molecule has 2 aromatic rings. The number of carbonyl (C=O) groups is 1. The van der Waals surface area contributed by atoms with Gasteiger partial charge in [-0.15, -0.1) is 0 Å². The molecule has 0 aliphatic carbocycles. The Morgan fingerprint density at radius 3 is 2.45 bits per heavy atom. The smallest absolute Gasteiger partial charge is 0.268 e. The van der Waals surface area contributed by atoms with Gasteiger partial charge in [-0.1, -0.05) is 46.9 Å². The molecule has 0 saturated heterocycles. The van der Waals surface area contributed by atoms with Crippen molar-refractivity contribution >= 4 is 40.7 Å². The fourth-order valence-corrected chi connectivity index (χ4v) is 2.40. The highest BCUT2D eigenvalue weighted by Crippen LogP contribution is 2.27.